The fourth-order valence-corrected chi connectivity index (χ4v) is 1.97. The van der Waals surface area contributed by atoms with E-state index in [1.165, 1.54) is 26.4 Å². The topological polar surface area (TPSA) is 94.8 Å². The quantitative estimate of drug-likeness (QED) is 0.615. The van der Waals surface area contributed by atoms with Crippen molar-refractivity contribution in [1.29, 1.82) is 0 Å². The molecule has 0 atom stereocenters. The maximum absolute atomic E-state index is 11.7. The molecule has 0 aliphatic carbocycles. The van der Waals surface area contributed by atoms with Gasteiger partial charge in [-0.1, -0.05) is 0 Å². The molecule has 0 aliphatic rings. The van der Waals surface area contributed by atoms with Crippen molar-refractivity contribution in [3.63, 3.8) is 0 Å². The zero-order valence-corrected chi connectivity index (χ0v) is 13.3. The van der Waals surface area contributed by atoms with Crippen LogP contribution in [0.4, 0.5) is 0 Å². The lowest BCUT2D eigenvalue weighted by Gasteiger charge is -2.11. The average Bonchev–Trinajstić information content (AvgIpc) is 3.12. The fourth-order valence-electron chi connectivity index (χ4n) is 1.97. The Balaban J connectivity index is 1.90. The number of methoxy groups -OCH3 is 1. The second-order valence-electron chi connectivity index (χ2n) is 4.90. The van der Waals surface area contributed by atoms with Crippen LogP contribution in [0.15, 0.2) is 41.0 Å². The Morgan fingerprint density at radius 2 is 2.00 bits per heavy atom. The lowest BCUT2D eigenvalue weighted by atomic mass is 10.1. The molecule has 1 heterocycles. The molecule has 1 aromatic carbocycles. The highest BCUT2D eigenvalue weighted by Crippen LogP contribution is 2.21. The summed E-state index contributed by atoms with van der Waals surface area (Å²) in [7, 11) is 1.48. The van der Waals surface area contributed by atoms with Crippen molar-refractivity contribution in [1.82, 2.24) is 5.32 Å². The van der Waals surface area contributed by atoms with Crippen LogP contribution >= 0.6 is 0 Å². The van der Waals surface area contributed by atoms with Crippen molar-refractivity contribution in [3.8, 4) is 5.75 Å². The first-order valence-electron chi connectivity index (χ1n) is 7.16. The molecule has 7 heteroatoms. The molecule has 126 valence electrons. The largest absolute Gasteiger partial charge is 0.496 e. The number of nitrogens with one attached hydrogen (secondary N) is 1. The molecule has 0 saturated carbocycles. The standard InChI is InChI=1S/C17H17NO6/c1-11(19)12-5-6-14(22-2)13(8-12)10-24-16(20)9-18-17(21)15-4-3-7-23-15/h3-8H,9-10H2,1-2H3,(H,18,21). The number of rotatable bonds is 7. The smallest absolute Gasteiger partial charge is 0.325 e. The third kappa shape index (κ3) is 4.45. The number of carbonyl (C=O) groups excluding carboxylic acids is 3. The maximum Gasteiger partial charge on any atom is 0.325 e. The minimum atomic E-state index is -0.620. The van der Waals surface area contributed by atoms with Crippen molar-refractivity contribution < 1.29 is 28.3 Å². The number of Topliss-reactive ketones (excluding diaryl/α,β-unsaturated/α-hetero) is 1. The van der Waals surface area contributed by atoms with Gasteiger partial charge in [0, 0.05) is 11.1 Å². The van der Waals surface area contributed by atoms with E-state index in [4.69, 9.17) is 13.9 Å². The second kappa shape index (κ2) is 7.96. The molecule has 0 bridgehead atoms. The van der Waals surface area contributed by atoms with Crippen LogP contribution in [0.2, 0.25) is 0 Å². The van der Waals surface area contributed by atoms with Gasteiger partial charge in [-0.15, -0.1) is 0 Å². The van der Waals surface area contributed by atoms with E-state index in [9.17, 15) is 14.4 Å². The Labute approximate surface area is 138 Å². The first-order chi connectivity index (χ1) is 11.5. The van der Waals surface area contributed by atoms with Gasteiger partial charge in [-0.2, -0.15) is 0 Å². The molecule has 0 fully saturated rings. The Hall–Kier alpha value is -3.09. The van der Waals surface area contributed by atoms with Crippen molar-refractivity contribution in [3.05, 3.63) is 53.5 Å². The van der Waals surface area contributed by atoms with Crippen LogP contribution in [-0.4, -0.2) is 31.3 Å². The van der Waals surface area contributed by atoms with E-state index >= 15 is 0 Å². The summed E-state index contributed by atoms with van der Waals surface area (Å²) < 4.78 is 15.2. The van der Waals surface area contributed by atoms with E-state index in [1.807, 2.05) is 0 Å². The molecular weight excluding hydrogens is 314 g/mol. The van der Waals surface area contributed by atoms with E-state index in [1.54, 1.807) is 24.3 Å². The Bertz CT molecular complexity index is 736. The normalized spacial score (nSPS) is 10.1. The van der Waals surface area contributed by atoms with E-state index in [-0.39, 0.29) is 24.7 Å². The third-order valence-corrected chi connectivity index (χ3v) is 3.21. The number of hydrogen-bond donors (Lipinski definition) is 1. The summed E-state index contributed by atoms with van der Waals surface area (Å²) in [4.78, 5) is 34.8. The molecule has 0 spiro atoms. The maximum atomic E-state index is 11.7. The molecule has 0 radical (unpaired) electrons. The summed E-state index contributed by atoms with van der Waals surface area (Å²) in [6, 6.07) is 7.94. The Morgan fingerprint density at radius 1 is 1.21 bits per heavy atom. The lowest BCUT2D eigenvalue weighted by molar-refractivity contribution is -0.143. The first kappa shape index (κ1) is 17.3. The third-order valence-electron chi connectivity index (χ3n) is 3.21. The van der Waals surface area contributed by atoms with Gasteiger partial charge in [0.1, 0.15) is 18.9 Å². The summed E-state index contributed by atoms with van der Waals surface area (Å²) in [6.07, 6.45) is 1.36. The molecule has 1 amide bonds. The number of esters is 1. The Morgan fingerprint density at radius 3 is 2.62 bits per heavy atom. The lowest BCUT2D eigenvalue weighted by Crippen LogP contribution is -2.30. The molecule has 0 aliphatic heterocycles. The van der Waals surface area contributed by atoms with E-state index < -0.39 is 11.9 Å². The monoisotopic (exact) mass is 331 g/mol. The van der Waals surface area contributed by atoms with Gasteiger partial charge in [0.25, 0.3) is 5.91 Å². The highest BCUT2D eigenvalue weighted by molar-refractivity contribution is 5.94. The second-order valence-corrected chi connectivity index (χ2v) is 4.90. The number of ether oxygens (including phenoxy) is 2. The van der Waals surface area contributed by atoms with E-state index in [0.29, 0.717) is 16.9 Å². The van der Waals surface area contributed by atoms with Crippen LogP contribution in [0, 0.1) is 0 Å². The fraction of sp³-hybridized carbons (Fsp3) is 0.235. The zero-order valence-electron chi connectivity index (χ0n) is 13.3. The molecule has 1 N–H and O–H groups in total. The minimum absolute atomic E-state index is 0.0697. The van der Waals surface area contributed by atoms with Gasteiger partial charge in [0.05, 0.1) is 13.4 Å². The van der Waals surface area contributed by atoms with Gasteiger partial charge in [-0.3, -0.25) is 14.4 Å². The number of benzene rings is 1. The van der Waals surface area contributed by atoms with Crippen molar-refractivity contribution in [2.24, 2.45) is 0 Å². The predicted octanol–water partition coefficient (Wildman–Crippen LogP) is 1.96. The summed E-state index contributed by atoms with van der Waals surface area (Å²) in [6.45, 7) is 1.08. The van der Waals surface area contributed by atoms with Gasteiger partial charge >= 0.3 is 5.97 Å². The van der Waals surface area contributed by atoms with Crippen LogP contribution in [0.1, 0.15) is 33.4 Å². The van der Waals surface area contributed by atoms with Gasteiger partial charge < -0.3 is 19.2 Å². The molecular formula is C17H17NO6. The summed E-state index contributed by atoms with van der Waals surface area (Å²) in [5.41, 5.74) is 1.06. The van der Waals surface area contributed by atoms with Gasteiger partial charge in [0.15, 0.2) is 11.5 Å². The molecule has 1 aromatic heterocycles. The first-order valence-corrected chi connectivity index (χ1v) is 7.16. The van der Waals surface area contributed by atoms with E-state index in [0.717, 1.165) is 0 Å². The average molecular weight is 331 g/mol. The van der Waals surface area contributed by atoms with Gasteiger partial charge in [-0.25, -0.2) is 0 Å². The SMILES string of the molecule is COc1ccc(C(C)=O)cc1COC(=O)CNC(=O)c1ccco1. The number of carbonyl (C=O) groups is 3. The van der Waals surface area contributed by atoms with Crippen molar-refractivity contribution in [2.75, 3.05) is 13.7 Å². The molecule has 0 saturated heterocycles. The van der Waals surface area contributed by atoms with E-state index in [2.05, 4.69) is 5.32 Å². The minimum Gasteiger partial charge on any atom is -0.496 e. The van der Waals surface area contributed by atoms with Crippen LogP contribution in [-0.2, 0) is 16.1 Å². The number of furan rings is 1. The Kier molecular flexibility index (Phi) is 5.73. The number of ketones is 1. The van der Waals surface area contributed by atoms with Crippen LogP contribution < -0.4 is 10.1 Å². The van der Waals surface area contributed by atoms with Crippen molar-refractivity contribution in [2.45, 2.75) is 13.5 Å². The van der Waals surface area contributed by atoms with Gasteiger partial charge in [0.2, 0.25) is 0 Å². The highest BCUT2D eigenvalue weighted by Gasteiger charge is 2.13. The highest BCUT2D eigenvalue weighted by atomic mass is 16.5. The number of amides is 1. The summed E-state index contributed by atoms with van der Waals surface area (Å²) >= 11 is 0. The van der Waals surface area contributed by atoms with Crippen molar-refractivity contribution >= 4 is 17.7 Å². The van der Waals surface area contributed by atoms with Crippen LogP contribution in [0.25, 0.3) is 0 Å². The molecule has 0 unspecified atom stereocenters. The molecule has 2 rings (SSSR count). The molecule has 2 aromatic rings. The van der Waals surface area contributed by atoms with Crippen LogP contribution in [0.5, 0.6) is 5.75 Å². The predicted molar refractivity (Wildman–Crippen MR) is 83.8 cm³/mol. The molecule has 7 nitrogen and oxygen atoms in total. The number of hydrogen-bond acceptors (Lipinski definition) is 6. The summed E-state index contributed by atoms with van der Waals surface area (Å²) in [5, 5.41) is 2.39. The molecule has 24 heavy (non-hydrogen) atoms. The zero-order chi connectivity index (χ0) is 17.5. The summed E-state index contributed by atoms with van der Waals surface area (Å²) in [5.74, 6) is -0.611. The van der Waals surface area contributed by atoms with Crippen LogP contribution in [0.3, 0.4) is 0 Å². The van der Waals surface area contributed by atoms with Gasteiger partial charge in [-0.05, 0) is 37.3 Å².